The van der Waals surface area contributed by atoms with Gasteiger partial charge < -0.3 is 20.5 Å². The van der Waals surface area contributed by atoms with Gasteiger partial charge in [0.1, 0.15) is 0 Å². The Morgan fingerprint density at radius 3 is 2.63 bits per heavy atom. The minimum Gasteiger partial charge on any atom is -0.394 e. The molecule has 0 saturated heterocycles. The minimum absolute atomic E-state index is 0.0677. The molecule has 0 unspecified atom stereocenters. The number of amides is 2. The van der Waals surface area contributed by atoms with Gasteiger partial charge in [0.2, 0.25) is 0 Å². The molecule has 104 valence electrons. The first kappa shape index (κ1) is 15.1. The van der Waals surface area contributed by atoms with E-state index in [9.17, 15) is 9.59 Å². The average Bonchev–Trinajstić information content (AvgIpc) is 2.41. The van der Waals surface area contributed by atoms with Crippen molar-refractivity contribution in [3.8, 4) is 0 Å². The number of rotatable bonds is 6. The van der Waals surface area contributed by atoms with Gasteiger partial charge in [-0.2, -0.15) is 0 Å². The van der Waals surface area contributed by atoms with Crippen molar-refractivity contribution in [3.63, 3.8) is 0 Å². The van der Waals surface area contributed by atoms with Crippen molar-refractivity contribution < 1.29 is 19.4 Å². The molecule has 0 spiro atoms. The first-order valence-corrected chi connectivity index (χ1v) is 5.98. The third-order valence-electron chi connectivity index (χ3n) is 2.37. The molecular formula is C13H18N2O4. The lowest BCUT2D eigenvalue weighted by Gasteiger charge is -2.08. The summed E-state index contributed by atoms with van der Waals surface area (Å²) >= 11 is 0. The molecule has 0 fully saturated rings. The second-order valence-electron chi connectivity index (χ2n) is 3.86. The Morgan fingerprint density at radius 1 is 1.21 bits per heavy atom. The molecule has 0 radical (unpaired) electrons. The summed E-state index contributed by atoms with van der Waals surface area (Å²) in [5, 5.41) is 13.4. The molecule has 0 atom stereocenters. The maximum absolute atomic E-state index is 11.6. The van der Waals surface area contributed by atoms with Crippen molar-refractivity contribution in [3.05, 3.63) is 29.8 Å². The maximum Gasteiger partial charge on any atom is 0.313 e. The molecule has 1 aromatic carbocycles. The zero-order valence-corrected chi connectivity index (χ0v) is 10.8. The van der Waals surface area contributed by atoms with Gasteiger partial charge in [-0.15, -0.1) is 0 Å². The molecule has 0 aliphatic rings. The van der Waals surface area contributed by atoms with Gasteiger partial charge in [0.05, 0.1) is 19.8 Å². The fourth-order valence-electron chi connectivity index (χ4n) is 1.38. The molecule has 0 aliphatic heterocycles. The Bertz CT molecular complexity index is 434. The van der Waals surface area contributed by atoms with Gasteiger partial charge in [0, 0.05) is 12.2 Å². The van der Waals surface area contributed by atoms with Gasteiger partial charge in [0.25, 0.3) is 0 Å². The van der Waals surface area contributed by atoms with Crippen molar-refractivity contribution >= 4 is 17.5 Å². The molecule has 3 N–H and O–H groups in total. The van der Waals surface area contributed by atoms with E-state index in [4.69, 9.17) is 9.84 Å². The van der Waals surface area contributed by atoms with Crippen molar-refractivity contribution in [2.24, 2.45) is 0 Å². The molecule has 1 rings (SSSR count). The Kier molecular flexibility index (Phi) is 6.56. The van der Waals surface area contributed by atoms with E-state index in [1.54, 1.807) is 12.1 Å². The van der Waals surface area contributed by atoms with Crippen molar-refractivity contribution in [1.82, 2.24) is 5.32 Å². The van der Waals surface area contributed by atoms with Crippen LogP contribution in [-0.4, -0.2) is 43.3 Å². The summed E-state index contributed by atoms with van der Waals surface area (Å²) in [6, 6.07) is 7.20. The summed E-state index contributed by atoms with van der Waals surface area (Å²) in [7, 11) is 0. The molecule has 0 bridgehead atoms. The Morgan fingerprint density at radius 2 is 1.95 bits per heavy atom. The maximum atomic E-state index is 11.6. The summed E-state index contributed by atoms with van der Waals surface area (Å²) in [5.74, 6) is -1.42. The standard InChI is InChI=1S/C13H18N2O4/c1-10-4-2-3-5-11(10)15-13(18)12(17)14-6-8-19-9-7-16/h2-5,16H,6-9H2,1H3,(H,14,17)(H,15,18). The largest absolute Gasteiger partial charge is 0.394 e. The Balaban J connectivity index is 2.33. The van der Waals surface area contributed by atoms with Crippen LogP contribution in [0.3, 0.4) is 0 Å². The zero-order valence-electron chi connectivity index (χ0n) is 10.8. The Labute approximate surface area is 111 Å². The van der Waals surface area contributed by atoms with Gasteiger partial charge in [-0.05, 0) is 18.6 Å². The van der Waals surface area contributed by atoms with E-state index in [2.05, 4.69) is 10.6 Å². The molecule has 6 nitrogen and oxygen atoms in total. The minimum atomic E-state index is -0.712. The van der Waals surface area contributed by atoms with E-state index in [1.165, 1.54) is 0 Å². The third-order valence-corrected chi connectivity index (χ3v) is 2.37. The third kappa shape index (κ3) is 5.50. The number of carbonyl (C=O) groups excluding carboxylic acids is 2. The van der Waals surface area contributed by atoms with Gasteiger partial charge in [-0.3, -0.25) is 9.59 Å². The molecule has 0 aromatic heterocycles. The fourth-order valence-corrected chi connectivity index (χ4v) is 1.38. The number of aryl methyl sites for hydroxylation is 1. The molecule has 2 amide bonds. The quantitative estimate of drug-likeness (QED) is 0.502. The molecule has 1 aromatic rings. The lowest BCUT2D eigenvalue weighted by Crippen LogP contribution is -2.37. The van der Waals surface area contributed by atoms with Gasteiger partial charge in [-0.1, -0.05) is 18.2 Å². The number of aliphatic hydroxyl groups excluding tert-OH is 1. The second kappa shape index (κ2) is 8.23. The van der Waals surface area contributed by atoms with Crippen LogP contribution in [0.25, 0.3) is 0 Å². The van der Waals surface area contributed by atoms with Crippen LogP contribution in [0.5, 0.6) is 0 Å². The predicted molar refractivity (Wildman–Crippen MR) is 70.7 cm³/mol. The first-order chi connectivity index (χ1) is 9.15. The molecule has 6 heteroatoms. The number of carbonyl (C=O) groups is 2. The summed E-state index contributed by atoms with van der Waals surface area (Å²) in [4.78, 5) is 23.0. The van der Waals surface area contributed by atoms with Crippen LogP contribution < -0.4 is 10.6 Å². The molecule has 19 heavy (non-hydrogen) atoms. The summed E-state index contributed by atoms with van der Waals surface area (Å²) in [5.41, 5.74) is 1.49. The van der Waals surface area contributed by atoms with Gasteiger partial charge >= 0.3 is 11.8 Å². The van der Waals surface area contributed by atoms with Gasteiger partial charge in [0.15, 0.2) is 0 Å². The Hall–Kier alpha value is -1.92. The molecule has 0 heterocycles. The van der Waals surface area contributed by atoms with Crippen molar-refractivity contribution in [2.75, 3.05) is 31.7 Å². The molecule has 0 saturated carbocycles. The van der Waals surface area contributed by atoms with E-state index < -0.39 is 11.8 Å². The lowest BCUT2D eigenvalue weighted by atomic mass is 10.2. The highest BCUT2D eigenvalue weighted by atomic mass is 16.5. The van der Waals surface area contributed by atoms with Crippen LogP contribution in [0.15, 0.2) is 24.3 Å². The van der Waals surface area contributed by atoms with Crippen molar-refractivity contribution in [1.29, 1.82) is 0 Å². The average molecular weight is 266 g/mol. The van der Waals surface area contributed by atoms with Crippen LogP contribution in [0, 0.1) is 6.92 Å². The van der Waals surface area contributed by atoms with E-state index in [0.29, 0.717) is 5.69 Å². The zero-order chi connectivity index (χ0) is 14.1. The predicted octanol–water partition coefficient (Wildman–Crippen LogP) is 0.0586. The molecular weight excluding hydrogens is 248 g/mol. The number of aliphatic hydroxyl groups is 1. The van der Waals surface area contributed by atoms with Crippen LogP contribution in [0.4, 0.5) is 5.69 Å². The van der Waals surface area contributed by atoms with Gasteiger partial charge in [-0.25, -0.2) is 0 Å². The monoisotopic (exact) mass is 266 g/mol. The highest BCUT2D eigenvalue weighted by Crippen LogP contribution is 2.12. The van der Waals surface area contributed by atoms with Crippen molar-refractivity contribution in [2.45, 2.75) is 6.92 Å². The number of para-hydroxylation sites is 1. The highest BCUT2D eigenvalue weighted by Gasteiger charge is 2.13. The number of hydrogen-bond donors (Lipinski definition) is 3. The van der Waals surface area contributed by atoms with Crippen LogP contribution in [0.1, 0.15) is 5.56 Å². The second-order valence-corrected chi connectivity index (χ2v) is 3.86. The van der Waals surface area contributed by atoms with E-state index in [1.807, 2.05) is 19.1 Å². The number of ether oxygens (including phenoxy) is 1. The smallest absolute Gasteiger partial charge is 0.313 e. The number of anilines is 1. The van der Waals surface area contributed by atoms with Crippen LogP contribution >= 0.6 is 0 Å². The van der Waals surface area contributed by atoms with E-state index in [0.717, 1.165) is 5.56 Å². The fraction of sp³-hybridized carbons (Fsp3) is 0.385. The van der Waals surface area contributed by atoms with Crippen LogP contribution in [-0.2, 0) is 14.3 Å². The summed E-state index contributed by atoms with van der Waals surface area (Å²) < 4.78 is 4.95. The number of nitrogens with one attached hydrogen (secondary N) is 2. The highest BCUT2D eigenvalue weighted by molar-refractivity contribution is 6.39. The number of benzene rings is 1. The van der Waals surface area contributed by atoms with Crippen LogP contribution in [0.2, 0.25) is 0 Å². The first-order valence-electron chi connectivity index (χ1n) is 5.98. The lowest BCUT2D eigenvalue weighted by molar-refractivity contribution is -0.136. The van der Waals surface area contributed by atoms with E-state index >= 15 is 0 Å². The number of hydrogen-bond acceptors (Lipinski definition) is 4. The normalized spacial score (nSPS) is 10.0. The summed E-state index contributed by atoms with van der Waals surface area (Å²) in [6.45, 7) is 2.47. The van der Waals surface area contributed by atoms with E-state index in [-0.39, 0.29) is 26.4 Å². The topological polar surface area (TPSA) is 87.7 Å². The molecule has 0 aliphatic carbocycles. The SMILES string of the molecule is Cc1ccccc1NC(=O)C(=O)NCCOCCO. The summed E-state index contributed by atoms with van der Waals surface area (Å²) in [6.07, 6.45) is 0.